The zero-order valence-corrected chi connectivity index (χ0v) is 22.0. The van der Waals surface area contributed by atoms with Crippen molar-refractivity contribution in [2.45, 2.75) is 96.4 Å². The molecular weight excluding hydrogens is 478 g/mol. The molecule has 1 unspecified atom stereocenters. The summed E-state index contributed by atoms with van der Waals surface area (Å²) in [5.74, 6) is -4.97. The van der Waals surface area contributed by atoms with Crippen molar-refractivity contribution in [3.8, 4) is 0 Å². The van der Waals surface area contributed by atoms with Gasteiger partial charge in [0.15, 0.2) is 6.10 Å². The number of likely N-dealkylation sites (N-methyl/N-ethyl adjacent to an activating group) is 1. The number of hydrogen-bond acceptors (Lipinski definition) is 6. The number of nitrogens with zero attached hydrogens (tertiary/aromatic N) is 1. The quantitative estimate of drug-likeness (QED) is 0.366. The van der Waals surface area contributed by atoms with E-state index in [1.54, 1.807) is 20.8 Å². The van der Waals surface area contributed by atoms with Crippen LogP contribution >= 0.6 is 0 Å². The van der Waals surface area contributed by atoms with Crippen LogP contribution in [0.4, 0.5) is 13.6 Å². The first-order valence-corrected chi connectivity index (χ1v) is 12.3. The highest BCUT2D eigenvalue weighted by atomic mass is 19.3. The fourth-order valence-corrected chi connectivity index (χ4v) is 4.58. The van der Waals surface area contributed by atoms with Crippen LogP contribution in [0.1, 0.15) is 66.2 Å². The zero-order valence-electron chi connectivity index (χ0n) is 22.0. The second-order valence-electron chi connectivity index (χ2n) is 11.2. The van der Waals surface area contributed by atoms with Crippen molar-refractivity contribution < 1.29 is 37.8 Å². The number of alkyl carbamates (subject to hydrolysis) is 1. The molecule has 0 aromatic carbocycles. The van der Waals surface area contributed by atoms with Crippen LogP contribution < -0.4 is 16.0 Å². The number of piperidine rings is 1. The molecule has 4 N–H and O–H groups in total. The van der Waals surface area contributed by atoms with Crippen LogP contribution in [0.5, 0.6) is 0 Å². The number of hydrogen-bond donors (Lipinski definition) is 4. The van der Waals surface area contributed by atoms with Crippen LogP contribution in [0.2, 0.25) is 0 Å². The monoisotopic (exact) mass is 518 g/mol. The van der Waals surface area contributed by atoms with E-state index in [4.69, 9.17) is 0 Å². The Morgan fingerprint density at radius 3 is 2.19 bits per heavy atom. The number of halogens is 2. The third-order valence-electron chi connectivity index (χ3n) is 7.11. The van der Waals surface area contributed by atoms with Gasteiger partial charge in [-0.2, -0.15) is 0 Å². The van der Waals surface area contributed by atoms with Crippen molar-refractivity contribution in [1.29, 1.82) is 0 Å². The summed E-state index contributed by atoms with van der Waals surface area (Å²) >= 11 is 0. The van der Waals surface area contributed by atoms with Gasteiger partial charge in [-0.1, -0.05) is 20.8 Å². The number of aliphatic hydroxyl groups excluding tert-OH is 1. The van der Waals surface area contributed by atoms with Crippen molar-refractivity contribution in [2.24, 2.45) is 10.8 Å². The molecule has 0 aromatic heterocycles. The number of carbonyl (C=O) groups excluding carboxylic acids is 4. The average Bonchev–Trinajstić information content (AvgIpc) is 3.55. The number of rotatable bonds is 9. The maximum absolute atomic E-state index is 13.6. The second kappa shape index (κ2) is 11.3. The summed E-state index contributed by atoms with van der Waals surface area (Å²) < 4.78 is 31.8. The third kappa shape index (κ3) is 7.75. The Labute approximate surface area is 210 Å². The predicted molar refractivity (Wildman–Crippen MR) is 127 cm³/mol. The van der Waals surface area contributed by atoms with Crippen LogP contribution in [0.15, 0.2) is 0 Å². The molecule has 10 nitrogen and oxygen atoms in total. The van der Waals surface area contributed by atoms with Gasteiger partial charge < -0.3 is 30.7 Å². The molecule has 1 aliphatic carbocycles. The molecule has 1 heterocycles. The minimum Gasteiger partial charge on any atom is -0.453 e. The summed E-state index contributed by atoms with van der Waals surface area (Å²) in [6.45, 7) is 6.31. The van der Waals surface area contributed by atoms with Gasteiger partial charge in [-0.25, -0.2) is 13.6 Å². The Bertz CT molecular complexity index is 837. The molecule has 2 rings (SSSR count). The number of nitrogens with one attached hydrogen (secondary N) is 3. The summed E-state index contributed by atoms with van der Waals surface area (Å²) in [5, 5.41) is 17.8. The van der Waals surface area contributed by atoms with E-state index in [9.17, 15) is 33.1 Å². The molecule has 206 valence electrons. The maximum Gasteiger partial charge on any atom is 0.407 e. The number of alkyl halides is 2. The Hall–Kier alpha value is -2.50. The van der Waals surface area contributed by atoms with E-state index in [0.717, 1.165) is 19.8 Å². The average molecular weight is 519 g/mol. The molecule has 1 saturated carbocycles. The molecule has 1 saturated heterocycles. The fraction of sp³-hybridized carbons (Fsp3) is 0.833. The van der Waals surface area contributed by atoms with Crippen molar-refractivity contribution in [3.05, 3.63) is 0 Å². The third-order valence-corrected chi connectivity index (χ3v) is 7.11. The van der Waals surface area contributed by atoms with E-state index in [2.05, 4.69) is 20.7 Å². The molecule has 4 atom stereocenters. The summed E-state index contributed by atoms with van der Waals surface area (Å²) in [7, 11) is 2.48. The lowest BCUT2D eigenvalue weighted by Gasteiger charge is -2.43. The minimum absolute atomic E-state index is 0.0723. The normalized spacial score (nSPS) is 21.7. The summed E-state index contributed by atoms with van der Waals surface area (Å²) in [4.78, 5) is 52.5. The molecule has 0 radical (unpaired) electrons. The second-order valence-corrected chi connectivity index (χ2v) is 11.2. The molecule has 2 fully saturated rings. The van der Waals surface area contributed by atoms with E-state index in [-0.39, 0.29) is 18.4 Å². The van der Waals surface area contributed by atoms with Crippen LogP contribution in [-0.4, -0.2) is 84.7 Å². The molecule has 4 amide bonds. The van der Waals surface area contributed by atoms with E-state index in [1.807, 2.05) is 0 Å². The molecule has 12 heteroatoms. The number of aliphatic hydroxyl groups is 1. The van der Waals surface area contributed by atoms with E-state index in [0.29, 0.717) is 12.8 Å². The Kier molecular flexibility index (Phi) is 9.30. The lowest BCUT2D eigenvalue weighted by atomic mass is 9.82. The van der Waals surface area contributed by atoms with E-state index >= 15 is 0 Å². The van der Waals surface area contributed by atoms with Crippen molar-refractivity contribution in [1.82, 2.24) is 20.9 Å². The van der Waals surface area contributed by atoms with E-state index in [1.165, 1.54) is 19.1 Å². The number of carbonyl (C=O) groups is 4. The zero-order chi connectivity index (χ0) is 27.5. The summed E-state index contributed by atoms with van der Waals surface area (Å²) in [6.07, 6.45) is -0.636. The summed E-state index contributed by atoms with van der Waals surface area (Å²) in [5.41, 5.74) is -0.775. The Morgan fingerprint density at radius 2 is 1.72 bits per heavy atom. The van der Waals surface area contributed by atoms with Gasteiger partial charge >= 0.3 is 6.09 Å². The number of methoxy groups -OCH3 is 1. The highest BCUT2D eigenvalue weighted by molar-refractivity contribution is 5.92. The summed E-state index contributed by atoms with van der Waals surface area (Å²) in [6, 6.07) is -3.21. The van der Waals surface area contributed by atoms with Crippen molar-refractivity contribution in [3.63, 3.8) is 0 Å². The van der Waals surface area contributed by atoms with Crippen LogP contribution in [0.25, 0.3) is 0 Å². The molecule has 0 bridgehead atoms. The number of amides is 4. The molecule has 1 aliphatic heterocycles. The van der Waals surface area contributed by atoms with Gasteiger partial charge in [0.25, 0.3) is 5.91 Å². The smallest absolute Gasteiger partial charge is 0.407 e. The van der Waals surface area contributed by atoms with Gasteiger partial charge in [0, 0.05) is 20.0 Å². The first kappa shape index (κ1) is 29.7. The minimum atomic E-state index is -3.06. The highest BCUT2D eigenvalue weighted by Gasteiger charge is 2.52. The molecular formula is C24H40F2N4O6. The SMILES string of the molecule is CNC(=O)C(O)[C@H](CCC(C)(F)F)NC(=O)[C@@H]1CC2(CCN1C(=O)[C@@H](NC(=O)OC)C(C)(C)C)CC2. The first-order chi connectivity index (χ1) is 16.5. The predicted octanol–water partition coefficient (Wildman–Crippen LogP) is 1.56. The Balaban J connectivity index is 2.30. The lowest BCUT2D eigenvalue weighted by molar-refractivity contribution is -0.148. The maximum atomic E-state index is 13.6. The van der Waals surface area contributed by atoms with Gasteiger partial charge in [0.05, 0.1) is 13.2 Å². The van der Waals surface area contributed by atoms with Gasteiger partial charge in [0.2, 0.25) is 17.7 Å². The number of likely N-dealkylation sites (tertiary alicyclic amines) is 1. The Morgan fingerprint density at radius 1 is 1.11 bits per heavy atom. The largest absolute Gasteiger partial charge is 0.453 e. The van der Waals surface area contributed by atoms with Gasteiger partial charge in [0.1, 0.15) is 12.1 Å². The van der Waals surface area contributed by atoms with Crippen LogP contribution in [0, 0.1) is 10.8 Å². The molecule has 0 aromatic rings. The van der Waals surface area contributed by atoms with Gasteiger partial charge in [-0.3, -0.25) is 14.4 Å². The first-order valence-electron chi connectivity index (χ1n) is 12.3. The van der Waals surface area contributed by atoms with Gasteiger partial charge in [-0.15, -0.1) is 0 Å². The van der Waals surface area contributed by atoms with Crippen LogP contribution in [0.3, 0.4) is 0 Å². The van der Waals surface area contributed by atoms with Crippen LogP contribution in [-0.2, 0) is 19.1 Å². The van der Waals surface area contributed by atoms with E-state index < -0.39 is 65.8 Å². The van der Waals surface area contributed by atoms with Crippen molar-refractivity contribution >= 4 is 23.8 Å². The number of ether oxygens (including phenoxy) is 1. The molecule has 2 aliphatic rings. The lowest BCUT2D eigenvalue weighted by Crippen LogP contribution is -2.63. The highest BCUT2D eigenvalue weighted by Crippen LogP contribution is 2.55. The standard InChI is InChI=1S/C24H40F2N4O6/c1-22(2,3)17(29-21(35)36-6)20(34)30-12-11-24(9-10-24)13-15(30)18(32)28-14(7-8-23(4,25)26)16(31)19(33)27-5/h14-17,31H,7-13H2,1-6H3,(H,27,33)(H,28,32)(H,29,35)/t14-,15-,16?,17+/m0/s1. The molecule has 1 spiro atoms. The fourth-order valence-electron chi connectivity index (χ4n) is 4.58. The molecule has 36 heavy (non-hydrogen) atoms. The topological polar surface area (TPSA) is 137 Å². The van der Waals surface area contributed by atoms with Crippen molar-refractivity contribution in [2.75, 3.05) is 20.7 Å². The van der Waals surface area contributed by atoms with Gasteiger partial charge in [-0.05, 0) is 49.9 Å².